The summed E-state index contributed by atoms with van der Waals surface area (Å²) in [6.45, 7) is 18.1. The van der Waals surface area contributed by atoms with E-state index in [2.05, 4.69) is 369 Å². The average Bonchev–Trinajstić information content (AvgIpc) is 0.729. The van der Waals surface area contributed by atoms with Gasteiger partial charge in [-0.15, -0.1) is 0 Å². The first-order valence-corrected chi connectivity index (χ1v) is 35.0. The Labute approximate surface area is 598 Å². The van der Waals surface area contributed by atoms with Crippen LogP contribution in [0.3, 0.4) is 0 Å². The van der Waals surface area contributed by atoms with Crippen LogP contribution in [0.15, 0.2) is 309 Å². The molecule has 1 atom stereocenters. The maximum Gasteiger partial charge on any atom is 0.144 e. The van der Waals surface area contributed by atoms with Crippen LogP contribution in [0.2, 0.25) is 0 Å². The van der Waals surface area contributed by atoms with Gasteiger partial charge in [0.2, 0.25) is 0 Å². The Morgan fingerprint density at radius 3 is 0.853 bits per heavy atom. The van der Waals surface area contributed by atoms with Crippen LogP contribution in [-0.2, 0) is 21.7 Å². The molecule has 490 valence electrons. The largest absolute Gasteiger partial charge is 0.310 e. The molecule has 0 radical (unpaired) electrons. The van der Waals surface area contributed by atoms with E-state index < -0.39 is 11.8 Å². The Kier molecular flexibility index (Phi) is 16.6. The molecule has 14 aromatic rings. The Morgan fingerprint density at radius 1 is 0.275 bits per heavy atom. The zero-order valence-electron chi connectivity index (χ0n) is 58.7. The van der Waals surface area contributed by atoms with E-state index in [1.807, 2.05) is 24.3 Å². The number of nitriles is 4. The van der Waals surface area contributed by atoms with Crippen molar-refractivity contribution in [3.63, 3.8) is 0 Å². The minimum Gasteiger partial charge on any atom is -0.310 e. The monoisotopic (exact) mass is 1310 g/mol. The van der Waals surface area contributed by atoms with Crippen LogP contribution < -0.4 is 9.80 Å². The van der Waals surface area contributed by atoms with Gasteiger partial charge in [0.25, 0.3) is 0 Å². The molecule has 0 heterocycles. The summed E-state index contributed by atoms with van der Waals surface area (Å²) in [6, 6.07) is 117. The van der Waals surface area contributed by atoms with Crippen molar-refractivity contribution in [2.24, 2.45) is 5.92 Å². The summed E-state index contributed by atoms with van der Waals surface area (Å²) in [4.78, 5) is 4.44. The van der Waals surface area contributed by atoms with E-state index in [-0.39, 0.29) is 27.2 Å². The summed E-state index contributed by atoms with van der Waals surface area (Å²) in [5.41, 5.74) is 16.0. The fraction of sp³-hybridized carbons (Fsp3) is 0.146. The van der Waals surface area contributed by atoms with Gasteiger partial charge in [0.1, 0.15) is 23.6 Å². The summed E-state index contributed by atoms with van der Waals surface area (Å²) in [5.74, 6) is -1.95. The molecule has 0 spiro atoms. The topological polar surface area (TPSA) is 102 Å². The van der Waals surface area contributed by atoms with Gasteiger partial charge in [-0.3, -0.25) is 0 Å². The molecule has 6 nitrogen and oxygen atoms in total. The van der Waals surface area contributed by atoms with Crippen molar-refractivity contribution in [2.75, 3.05) is 9.80 Å². The molecular weight excluding hydrogens is 1240 g/mol. The van der Waals surface area contributed by atoms with Crippen LogP contribution >= 0.6 is 0 Å². The summed E-state index contributed by atoms with van der Waals surface area (Å²) in [7, 11) is 0. The van der Waals surface area contributed by atoms with E-state index in [9.17, 15) is 21.0 Å². The highest BCUT2D eigenvalue weighted by Gasteiger charge is 2.38. The number of hydrogen-bond acceptors (Lipinski definition) is 6. The quantitative estimate of drug-likeness (QED) is 0.0948. The van der Waals surface area contributed by atoms with Gasteiger partial charge in [-0.1, -0.05) is 286 Å². The van der Waals surface area contributed by atoms with E-state index in [1.165, 1.54) is 65.3 Å². The van der Waals surface area contributed by atoms with Crippen molar-refractivity contribution in [1.82, 2.24) is 0 Å². The Balaban J connectivity index is 0.858. The predicted octanol–water partition coefficient (Wildman–Crippen LogP) is 24.5. The highest BCUT2D eigenvalue weighted by Crippen LogP contribution is 2.52. The zero-order valence-corrected chi connectivity index (χ0v) is 58.7. The normalized spacial score (nSPS) is 13.0. The Bertz CT molecular complexity index is 5520. The Morgan fingerprint density at radius 2 is 0.549 bits per heavy atom. The van der Waals surface area contributed by atoms with Crippen LogP contribution in [0.5, 0.6) is 0 Å². The molecule has 0 amide bonds. The number of anilines is 6. The second-order valence-corrected chi connectivity index (χ2v) is 29.3. The van der Waals surface area contributed by atoms with Gasteiger partial charge in [-0.25, -0.2) is 0 Å². The molecule has 14 aromatic carbocycles. The number of fused-ring (bicyclic) bond motifs is 6. The third-order valence-corrected chi connectivity index (χ3v) is 22.2. The van der Waals surface area contributed by atoms with Gasteiger partial charge in [-0.2, -0.15) is 21.0 Å². The molecule has 0 bridgehead atoms. The minimum atomic E-state index is -1.16. The molecule has 0 aliphatic heterocycles. The first-order valence-electron chi connectivity index (χ1n) is 35.0. The zero-order chi connectivity index (χ0) is 70.7. The van der Waals surface area contributed by atoms with Gasteiger partial charge in [-0.05, 0) is 183 Å². The molecule has 1 aliphatic rings. The highest BCUT2D eigenvalue weighted by atomic mass is 15.1. The molecule has 6 heteroatoms. The smallest absolute Gasteiger partial charge is 0.144 e. The molecule has 102 heavy (non-hydrogen) atoms. The highest BCUT2D eigenvalue weighted by molar-refractivity contribution is 5.96. The Hall–Kier alpha value is -12.6. The van der Waals surface area contributed by atoms with Crippen LogP contribution in [0.4, 0.5) is 34.1 Å². The van der Waals surface area contributed by atoms with Crippen molar-refractivity contribution >= 4 is 82.8 Å². The first kappa shape index (κ1) is 65.4. The molecule has 15 rings (SSSR count). The molecule has 1 aliphatic carbocycles. The van der Waals surface area contributed by atoms with Gasteiger partial charge in [0.15, 0.2) is 0 Å². The van der Waals surface area contributed by atoms with Gasteiger partial charge in [0, 0.05) is 67.3 Å². The van der Waals surface area contributed by atoms with E-state index in [4.69, 9.17) is 0 Å². The summed E-state index contributed by atoms with van der Waals surface area (Å²) >= 11 is 0. The lowest BCUT2D eigenvalue weighted by atomic mass is 9.69. The van der Waals surface area contributed by atoms with E-state index in [0.717, 1.165) is 56.4 Å². The molecular formula is C96H76N6. The van der Waals surface area contributed by atoms with E-state index in [1.54, 1.807) is 0 Å². The lowest BCUT2D eigenvalue weighted by Gasteiger charge is -2.35. The number of rotatable bonds is 15. The van der Waals surface area contributed by atoms with Gasteiger partial charge in [0.05, 0.1) is 12.1 Å². The third kappa shape index (κ3) is 11.6. The molecule has 1 unspecified atom stereocenters. The SMILES string of the molecule is CC(C)(c1ccc(N(c2ccc(C(C)(C)c3ccc4ccccc4c3)cc2)c2ccc3c(c2)C(=C(C#N)C#N)c2ccc(N(c4ccc(C(C)(C)c5ccc6ccccc6c5)cc4)c4ccc(C(C)(C)c5ccc6ccccc6c5)cc4)cc2C3C(C#N)C#N)cc1)c1ccc2ccccc2c1. The molecule has 0 fully saturated rings. The standard InChI is InChI=1S/C96H76N6/c1-93(2,77-29-25-63-17-9-13-21-67(63)53-77)73-33-41-81(42-34-73)101(82-43-35-74(36-44-82)94(3,4)78-30-26-64-18-10-14-22-68(64)54-78)85-49-51-87-89(57-85)91(71(59-97)60-98)88-52-50-86(58-90(88)92(87)72(61-99)62-100)102(83-45-37-75(38-46-83)95(5,6)79-31-27-65-19-11-15-23-69(65)55-79)84-47-39-76(40-48-84)96(7,8)80-32-28-66-20-12-16-24-70(66)56-80/h9-58,71,91H,1-8H3. The van der Waals surface area contributed by atoms with Crippen LogP contribution in [-0.4, -0.2) is 0 Å². The third-order valence-electron chi connectivity index (χ3n) is 22.2. The van der Waals surface area contributed by atoms with Crippen molar-refractivity contribution in [3.8, 4) is 24.3 Å². The number of benzene rings is 14. The fourth-order valence-electron chi connectivity index (χ4n) is 15.6. The number of hydrogen-bond donors (Lipinski definition) is 0. The lowest BCUT2D eigenvalue weighted by Crippen LogP contribution is -2.22. The summed E-state index contributed by atoms with van der Waals surface area (Å²) < 4.78 is 0. The van der Waals surface area contributed by atoms with Crippen LogP contribution in [0.25, 0.3) is 48.7 Å². The van der Waals surface area contributed by atoms with Crippen molar-refractivity contribution in [3.05, 3.63) is 376 Å². The molecule has 0 saturated carbocycles. The van der Waals surface area contributed by atoms with E-state index in [0.29, 0.717) is 27.8 Å². The first-order chi connectivity index (χ1) is 49.4. The number of allylic oxidation sites excluding steroid dienone is 1. The predicted molar refractivity (Wildman–Crippen MR) is 420 cm³/mol. The average molecular weight is 1310 g/mol. The van der Waals surface area contributed by atoms with E-state index >= 15 is 0 Å². The maximum atomic E-state index is 11.2. The molecule has 0 saturated heterocycles. The summed E-state index contributed by atoms with van der Waals surface area (Å²) in [5, 5.41) is 54.3. The van der Waals surface area contributed by atoms with Crippen molar-refractivity contribution in [2.45, 2.75) is 83.0 Å². The number of nitrogens with zero attached hydrogens (tertiary/aromatic N) is 6. The second kappa shape index (κ2) is 25.9. The fourth-order valence-corrected chi connectivity index (χ4v) is 15.6. The molecule has 0 aromatic heterocycles. The van der Waals surface area contributed by atoms with Gasteiger partial charge < -0.3 is 9.80 Å². The van der Waals surface area contributed by atoms with Crippen molar-refractivity contribution < 1.29 is 0 Å². The second-order valence-electron chi connectivity index (χ2n) is 29.3. The van der Waals surface area contributed by atoms with Crippen molar-refractivity contribution in [1.29, 1.82) is 21.0 Å². The summed E-state index contributed by atoms with van der Waals surface area (Å²) in [6.07, 6.45) is 0. The maximum absolute atomic E-state index is 11.2. The minimum absolute atomic E-state index is 0.0792. The van der Waals surface area contributed by atoms with Gasteiger partial charge >= 0.3 is 0 Å². The van der Waals surface area contributed by atoms with Crippen LogP contribution in [0.1, 0.15) is 128 Å². The van der Waals surface area contributed by atoms with Crippen LogP contribution in [0, 0.1) is 51.2 Å². The lowest BCUT2D eigenvalue weighted by molar-refractivity contribution is 0.641. The molecule has 0 N–H and O–H groups in total.